The van der Waals surface area contributed by atoms with E-state index in [-0.39, 0.29) is 0 Å². The predicted octanol–water partition coefficient (Wildman–Crippen LogP) is 2.20. The highest BCUT2D eigenvalue weighted by molar-refractivity contribution is 7.16. The van der Waals surface area contributed by atoms with Crippen LogP contribution in [-0.2, 0) is 0 Å². The molecule has 2 aromatic heterocycles. The second kappa shape index (κ2) is 1.57. The van der Waals surface area contributed by atoms with Gasteiger partial charge < -0.3 is 4.42 Å². The molecule has 0 N–H and O–H groups in total. The van der Waals surface area contributed by atoms with Crippen molar-refractivity contribution in [2.75, 3.05) is 0 Å². The quantitative estimate of drug-likeness (QED) is 0.559. The van der Waals surface area contributed by atoms with Crippen LogP contribution in [0.4, 0.5) is 0 Å². The lowest BCUT2D eigenvalue weighted by Crippen LogP contribution is -1.56. The Morgan fingerprint density at radius 3 is 3.33 bits per heavy atom. The van der Waals surface area contributed by atoms with Crippen LogP contribution in [0.5, 0.6) is 0 Å². The summed E-state index contributed by atoms with van der Waals surface area (Å²) in [6.07, 6.45) is 1.48. The molecule has 9 heavy (non-hydrogen) atoms. The van der Waals surface area contributed by atoms with E-state index in [9.17, 15) is 0 Å². The monoisotopic (exact) mass is 139 g/mol. The average Bonchev–Trinajstić information content (AvgIpc) is 2.35. The van der Waals surface area contributed by atoms with Crippen LogP contribution in [0.25, 0.3) is 10.4 Å². The molecule has 0 saturated carbocycles. The summed E-state index contributed by atoms with van der Waals surface area (Å²) in [5.74, 6) is 0. The molecular formula is C6H5NOS. The van der Waals surface area contributed by atoms with Gasteiger partial charge >= 0.3 is 0 Å². The Balaban J connectivity index is 2.99. The summed E-state index contributed by atoms with van der Waals surface area (Å²) in [5.41, 5.74) is 2.10. The van der Waals surface area contributed by atoms with E-state index in [0.717, 1.165) is 10.4 Å². The zero-order valence-electron chi connectivity index (χ0n) is 4.92. The number of aromatic nitrogens is 1. The first-order valence-corrected chi connectivity index (χ1v) is 3.53. The van der Waals surface area contributed by atoms with Crippen LogP contribution in [0.1, 0.15) is 5.56 Å². The number of thiophene rings is 1. The van der Waals surface area contributed by atoms with Crippen LogP contribution in [-0.4, -0.2) is 4.98 Å². The maximum atomic E-state index is 5.09. The molecule has 2 rings (SSSR count). The van der Waals surface area contributed by atoms with Crippen LogP contribution < -0.4 is 0 Å². The van der Waals surface area contributed by atoms with Gasteiger partial charge in [0.2, 0.25) is 0 Å². The number of fused-ring (bicyclic) bond motifs is 1. The summed E-state index contributed by atoms with van der Waals surface area (Å²) in [4.78, 5) is 4.98. The van der Waals surface area contributed by atoms with Crippen LogP contribution in [0, 0.1) is 6.92 Å². The molecule has 0 saturated heterocycles. The van der Waals surface area contributed by atoms with E-state index in [0.29, 0.717) is 0 Å². The average molecular weight is 139 g/mol. The molecule has 0 amide bonds. The Labute approximate surface area is 56.1 Å². The second-order valence-electron chi connectivity index (χ2n) is 1.91. The van der Waals surface area contributed by atoms with Gasteiger partial charge in [0, 0.05) is 5.56 Å². The van der Waals surface area contributed by atoms with Gasteiger partial charge in [-0.2, -0.15) is 0 Å². The lowest BCUT2D eigenvalue weighted by Gasteiger charge is -1.74. The van der Waals surface area contributed by atoms with E-state index >= 15 is 0 Å². The van der Waals surface area contributed by atoms with Crippen LogP contribution in [0.15, 0.2) is 16.2 Å². The van der Waals surface area contributed by atoms with Crippen molar-refractivity contribution in [2.24, 2.45) is 0 Å². The van der Waals surface area contributed by atoms with Gasteiger partial charge in [-0.05, 0) is 12.3 Å². The molecule has 0 radical (unpaired) electrons. The first-order chi connectivity index (χ1) is 4.38. The lowest BCUT2D eigenvalue weighted by molar-refractivity contribution is 0.600. The third-order valence-electron chi connectivity index (χ3n) is 1.24. The van der Waals surface area contributed by atoms with E-state index in [1.54, 1.807) is 11.3 Å². The molecule has 3 heteroatoms. The Morgan fingerprint density at radius 2 is 2.56 bits per heavy atom. The molecule has 2 heterocycles. The van der Waals surface area contributed by atoms with Crippen molar-refractivity contribution in [1.82, 2.24) is 4.98 Å². The molecule has 0 aromatic carbocycles. The summed E-state index contributed by atoms with van der Waals surface area (Å²) < 4.78 is 5.09. The highest BCUT2D eigenvalue weighted by atomic mass is 32.1. The molecule has 2 nitrogen and oxygen atoms in total. The van der Waals surface area contributed by atoms with Crippen LogP contribution in [0.2, 0.25) is 0 Å². The molecule has 0 fully saturated rings. The van der Waals surface area contributed by atoms with Gasteiger partial charge in [0.1, 0.15) is 0 Å². The molecule has 0 atom stereocenters. The van der Waals surface area contributed by atoms with Gasteiger partial charge in [0.15, 0.2) is 16.8 Å². The minimum atomic E-state index is 0.931. The maximum absolute atomic E-state index is 5.09. The van der Waals surface area contributed by atoms with E-state index in [1.165, 1.54) is 12.0 Å². The fourth-order valence-corrected chi connectivity index (χ4v) is 1.59. The maximum Gasteiger partial charge on any atom is 0.182 e. The minimum Gasteiger partial charge on any atom is -0.442 e. The smallest absolute Gasteiger partial charge is 0.182 e. The Morgan fingerprint density at radius 1 is 1.67 bits per heavy atom. The molecule has 0 aliphatic heterocycles. The van der Waals surface area contributed by atoms with E-state index < -0.39 is 0 Å². The van der Waals surface area contributed by atoms with Gasteiger partial charge in [-0.25, -0.2) is 4.98 Å². The fraction of sp³-hybridized carbons (Fsp3) is 0.167. The Kier molecular flexibility index (Phi) is 0.873. The van der Waals surface area contributed by atoms with Crippen LogP contribution in [0.3, 0.4) is 0 Å². The fourth-order valence-electron chi connectivity index (χ4n) is 0.779. The number of hydrogen-bond donors (Lipinski definition) is 0. The Bertz CT molecular complexity index is 322. The number of nitrogens with zero attached hydrogens (tertiary/aromatic N) is 1. The van der Waals surface area contributed by atoms with Crippen molar-refractivity contribution in [3.8, 4) is 0 Å². The molecule has 46 valence electrons. The van der Waals surface area contributed by atoms with Crippen molar-refractivity contribution in [3.05, 3.63) is 17.3 Å². The first-order valence-electron chi connectivity index (χ1n) is 2.65. The van der Waals surface area contributed by atoms with Crippen molar-refractivity contribution in [1.29, 1.82) is 0 Å². The van der Waals surface area contributed by atoms with Gasteiger partial charge in [-0.3, -0.25) is 0 Å². The largest absolute Gasteiger partial charge is 0.442 e. The lowest BCUT2D eigenvalue weighted by atomic mass is 10.4. The molecule has 0 unspecified atom stereocenters. The summed E-state index contributed by atoms with van der Waals surface area (Å²) in [7, 11) is 0. The zero-order valence-corrected chi connectivity index (χ0v) is 5.73. The second-order valence-corrected chi connectivity index (χ2v) is 2.76. The van der Waals surface area contributed by atoms with E-state index in [1.807, 2.05) is 12.3 Å². The van der Waals surface area contributed by atoms with Crippen molar-refractivity contribution in [2.45, 2.75) is 6.92 Å². The highest BCUT2D eigenvalue weighted by Crippen LogP contribution is 2.22. The zero-order chi connectivity index (χ0) is 6.27. The molecule has 0 bridgehead atoms. The highest BCUT2D eigenvalue weighted by Gasteiger charge is 2.01. The topological polar surface area (TPSA) is 26.0 Å². The van der Waals surface area contributed by atoms with E-state index in [4.69, 9.17) is 4.42 Å². The van der Waals surface area contributed by atoms with Gasteiger partial charge in [0.05, 0.1) is 0 Å². The SMILES string of the molecule is Cc1csc2ncoc12. The molecule has 0 aliphatic rings. The summed E-state index contributed by atoms with van der Waals surface area (Å²) in [6.45, 7) is 2.02. The van der Waals surface area contributed by atoms with Crippen molar-refractivity contribution >= 4 is 21.8 Å². The van der Waals surface area contributed by atoms with Gasteiger partial charge in [-0.15, -0.1) is 11.3 Å². The van der Waals surface area contributed by atoms with Crippen molar-refractivity contribution < 1.29 is 4.42 Å². The number of oxazole rings is 1. The first kappa shape index (κ1) is 4.99. The third-order valence-corrected chi connectivity index (χ3v) is 2.23. The third kappa shape index (κ3) is 0.580. The van der Waals surface area contributed by atoms with Crippen molar-refractivity contribution in [3.63, 3.8) is 0 Å². The summed E-state index contributed by atoms with van der Waals surface area (Å²) >= 11 is 1.62. The van der Waals surface area contributed by atoms with Gasteiger partial charge in [0.25, 0.3) is 0 Å². The van der Waals surface area contributed by atoms with Crippen LogP contribution >= 0.6 is 11.3 Å². The number of aryl methyl sites for hydroxylation is 1. The number of hydrogen-bond acceptors (Lipinski definition) is 3. The van der Waals surface area contributed by atoms with E-state index in [2.05, 4.69) is 4.98 Å². The molecular weight excluding hydrogens is 134 g/mol. The molecule has 2 aromatic rings. The minimum absolute atomic E-state index is 0.931. The molecule has 0 aliphatic carbocycles. The number of rotatable bonds is 0. The summed E-state index contributed by atoms with van der Waals surface area (Å²) in [5, 5.41) is 2.04. The standard InChI is InChI=1S/C6H5NOS/c1-4-2-9-6-5(4)8-3-7-6/h2-3H,1H3. The molecule has 0 spiro atoms. The normalized spacial score (nSPS) is 10.8. The predicted molar refractivity (Wildman–Crippen MR) is 36.6 cm³/mol. The van der Waals surface area contributed by atoms with Gasteiger partial charge in [-0.1, -0.05) is 0 Å². The summed E-state index contributed by atoms with van der Waals surface area (Å²) in [6, 6.07) is 0. The Hall–Kier alpha value is -0.830.